The summed E-state index contributed by atoms with van der Waals surface area (Å²) in [4.78, 5) is 13.8. The van der Waals surface area contributed by atoms with Crippen LogP contribution in [0, 0.1) is 5.82 Å². The van der Waals surface area contributed by atoms with Crippen LogP contribution in [0.5, 0.6) is 5.75 Å². The molecule has 108 valence electrons. The van der Waals surface area contributed by atoms with Gasteiger partial charge in [-0.15, -0.1) is 0 Å². The van der Waals surface area contributed by atoms with E-state index in [1.165, 1.54) is 12.1 Å². The number of carbonyl (C=O) groups is 1. The van der Waals surface area contributed by atoms with Gasteiger partial charge in [-0.05, 0) is 35.4 Å². The predicted molar refractivity (Wildman–Crippen MR) is 77.4 cm³/mol. The summed E-state index contributed by atoms with van der Waals surface area (Å²) in [5.74, 6) is 0.243. The lowest BCUT2D eigenvalue weighted by molar-refractivity contribution is -0.121. The summed E-state index contributed by atoms with van der Waals surface area (Å²) >= 11 is 0. The maximum absolute atomic E-state index is 13.0. The Balaban J connectivity index is 1.94. The van der Waals surface area contributed by atoms with Gasteiger partial charge in [-0.3, -0.25) is 4.79 Å². The van der Waals surface area contributed by atoms with Crippen molar-refractivity contribution < 1.29 is 13.9 Å². The van der Waals surface area contributed by atoms with E-state index in [2.05, 4.69) is 0 Å². The van der Waals surface area contributed by atoms with Crippen molar-refractivity contribution in [3.63, 3.8) is 0 Å². The minimum atomic E-state index is -0.294. The van der Waals surface area contributed by atoms with Crippen LogP contribution in [0.15, 0.2) is 42.5 Å². The number of rotatable bonds is 3. The van der Waals surface area contributed by atoms with Gasteiger partial charge in [0.15, 0.2) is 6.61 Å². The van der Waals surface area contributed by atoms with Crippen LogP contribution in [0.3, 0.4) is 0 Å². The number of nitrogens with two attached hydrogens (primary N) is 1. The molecule has 0 aromatic heterocycles. The molecule has 0 bridgehead atoms. The molecule has 1 aliphatic heterocycles. The molecule has 1 aliphatic rings. The molecule has 0 spiro atoms. The Labute approximate surface area is 121 Å². The van der Waals surface area contributed by atoms with Crippen molar-refractivity contribution in [2.45, 2.75) is 13.1 Å². The third-order valence-corrected chi connectivity index (χ3v) is 3.46. The van der Waals surface area contributed by atoms with Crippen molar-refractivity contribution in [2.24, 2.45) is 5.73 Å². The van der Waals surface area contributed by atoms with Crippen LogP contribution in [0.2, 0.25) is 0 Å². The number of halogens is 1. The second kappa shape index (κ2) is 5.54. The van der Waals surface area contributed by atoms with Gasteiger partial charge in [-0.25, -0.2) is 4.39 Å². The first-order valence-electron chi connectivity index (χ1n) is 6.68. The van der Waals surface area contributed by atoms with Gasteiger partial charge in [0.25, 0.3) is 5.91 Å². The number of hydrogen-bond donors (Lipinski definition) is 1. The van der Waals surface area contributed by atoms with Gasteiger partial charge in [0.05, 0.1) is 12.2 Å². The summed E-state index contributed by atoms with van der Waals surface area (Å²) in [5, 5.41) is 0. The molecule has 1 heterocycles. The number of anilines is 1. The average Bonchev–Trinajstić information content (AvgIpc) is 2.51. The van der Waals surface area contributed by atoms with Gasteiger partial charge >= 0.3 is 0 Å². The van der Waals surface area contributed by atoms with Crippen molar-refractivity contribution in [2.75, 3.05) is 11.5 Å². The van der Waals surface area contributed by atoms with E-state index in [-0.39, 0.29) is 18.3 Å². The molecule has 2 N–H and O–H groups in total. The van der Waals surface area contributed by atoms with Gasteiger partial charge in [0.1, 0.15) is 11.6 Å². The van der Waals surface area contributed by atoms with E-state index in [0.29, 0.717) is 24.5 Å². The molecule has 0 radical (unpaired) electrons. The van der Waals surface area contributed by atoms with E-state index in [4.69, 9.17) is 10.5 Å². The van der Waals surface area contributed by atoms with E-state index in [1.54, 1.807) is 17.0 Å². The molecular formula is C16H15FN2O2. The van der Waals surface area contributed by atoms with E-state index in [0.717, 1.165) is 11.1 Å². The topological polar surface area (TPSA) is 55.6 Å². The molecule has 2 aromatic rings. The summed E-state index contributed by atoms with van der Waals surface area (Å²) in [7, 11) is 0. The second-order valence-electron chi connectivity index (χ2n) is 4.90. The van der Waals surface area contributed by atoms with Crippen molar-refractivity contribution >= 4 is 11.6 Å². The van der Waals surface area contributed by atoms with Crippen molar-refractivity contribution in [1.29, 1.82) is 0 Å². The Bertz CT molecular complexity index is 670. The molecular weight excluding hydrogens is 271 g/mol. The van der Waals surface area contributed by atoms with Gasteiger partial charge in [-0.2, -0.15) is 0 Å². The molecule has 0 unspecified atom stereocenters. The van der Waals surface area contributed by atoms with Gasteiger partial charge in [0.2, 0.25) is 0 Å². The van der Waals surface area contributed by atoms with Crippen LogP contribution in [-0.4, -0.2) is 12.5 Å². The molecule has 0 atom stereocenters. The predicted octanol–water partition coefficient (Wildman–Crippen LogP) is 2.21. The zero-order chi connectivity index (χ0) is 14.8. The Morgan fingerprint density at radius 2 is 1.86 bits per heavy atom. The molecule has 1 amide bonds. The molecule has 0 saturated carbocycles. The third-order valence-electron chi connectivity index (χ3n) is 3.46. The molecule has 3 rings (SSSR count). The summed E-state index contributed by atoms with van der Waals surface area (Å²) < 4.78 is 18.4. The second-order valence-corrected chi connectivity index (χ2v) is 4.90. The highest BCUT2D eigenvalue weighted by atomic mass is 19.1. The molecule has 5 heteroatoms. The minimum Gasteiger partial charge on any atom is -0.482 e. The maximum Gasteiger partial charge on any atom is 0.265 e. The molecule has 4 nitrogen and oxygen atoms in total. The number of benzene rings is 2. The van der Waals surface area contributed by atoms with Crippen molar-refractivity contribution in [3.05, 3.63) is 59.4 Å². The van der Waals surface area contributed by atoms with Crippen LogP contribution in [0.25, 0.3) is 0 Å². The standard InChI is InChI=1S/C16H15FN2O2/c17-13-4-1-11(2-5-13)9-19-14-7-12(8-18)3-6-15(14)21-10-16(19)20/h1-7H,8-10,18H2. The minimum absolute atomic E-state index is 0.0101. The largest absolute Gasteiger partial charge is 0.482 e. The molecule has 0 saturated heterocycles. The van der Waals surface area contributed by atoms with Crippen LogP contribution in [0.1, 0.15) is 11.1 Å². The fourth-order valence-corrected chi connectivity index (χ4v) is 2.32. The van der Waals surface area contributed by atoms with Gasteiger partial charge in [0, 0.05) is 6.54 Å². The van der Waals surface area contributed by atoms with Crippen molar-refractivity contribution in [3.8, 4) is 5.75 Å². The maximum atomic E-state index is 13.0. The molecule has 0 aliphatic carbocycles. The highest BCUT2D eigenvalue weighted by Gasteiger charge is 2.25. The van der Waals surface area contributed by atoms with Crippen LogP contribution in [0.4, 0.5) is 10.1 Å². The number of amides is 1. The Morgan fingerprint density at radius 1 is 1.14 bits per heavy atom. The van der Waals surface area contributed by atoms with Gasteiger partial charge < -0.3 is 15.4 Å². The number of carbonyl (C=O) groups excluding carboxylic acids is 1. The average molecular weight is 286 g/mol. The first-order chi connectivity index (χ1) is 10.2. The highest BCUT2D eigenvalue weighted by Crippen LogP contribution is 2.33. The van der Waals surface area contributed by atoms with Crippen LogP contribution < -0.4 is 15.4 Å². The Hall–Kier alpha value is -2.40. The molecule has 21 heavy (non-hydrogen) atoms. The zero-order valence-corrected chi connectivity index (χ0v) is 11.4. The van der Waals surface area contributed by atoms with Crippen LogP contribution in [-0.2, 0) is 17.9 Å². The smallest absolute Gasteiger partial charge is 0.265 e. The number of ether oxygens (including phenoxy) is 1. The Kier molecular flexibility index (Phi) is 3.58. The van der Waals surface area contributed by atoms with Crippen LogP contribution >= 0.6 is 0 Å². The number of nitrogens with zero attached hydrogens (tertiary/aromatic N) is 1. The monoisotopic (exact) mass is 286 g/mol. The fourth-order valence-electron chi connectivity index (χ4n) is 2.32. The summed E-state index contributed by atoms with van der Waals surface area (Å²) in [6.45, 7) is 0.783. The SMILES string of the molecule is NCc1ccc2c(c1)N(Cc1ccc(F)cc1)C(=O)CO2. The lowest BCUT2D eigenvalue weighted by Gasteiger charge is -2.30. The first-order valence-corrected chi connectivity index (χ1v) is 6.68. The van der Waals surface area contributed by atoms with Gasteiger partial charge in [-0.1, -0.05) is 18.2 Å². The van der Waals surface area contributed by atoms with E-state index < -0.39 is 0 Å². The van der Waals surface area contributed by atoms with Crippen molar-refractivity contribution in [1.82, 2.24) is 0 Å². The highest BCUT2D eigenvalue weighted by molar-refractivity contribution is 5.97. The number of fused-ring (bicyclic) bond motifs is 1. The fraction of sp³-hybridized carbons (Fsp3) is 0.188. The zero-order valence-electron chi connectivity index (χ0n) is 11.4. The van der Waals surface area contributed by atoms with E-state index in [1.807, 2.05) is 18.2 Å². The number of hydrogen-bond acceptors (Lipinski definition) is 3. The Morgan fingerprint density at radius 3 is 2.57 bits per heavy atom. The summed E-state index contributed by atoms with van der Waals surface area (Å²) in [6.07, 6.45) is 0. The van der Waals surface area contributed by atoms with E-state index in [9.17, 15) is 9.18 Å². The normalized spacial score (nSPS) is 13.8. The summed E-state index contributed by atoms with van der Waals surface area (Å²) in [6, 6.07) is 11.7. The molecule has 2 aromatic carbocycles. The quantitative estimate of drug-likeness (QED) is 0.941. The first kappa shape index (κ1) is 13.6. The lowest BCUT2D eigenvalue weighted by atomic mass is 10.1. The molecule has 0 fully saturated rings. The lowest BCUT2D eigenvalue weighted by Crippen LogP contribution is -2.38. The third kappa shape index (κ3) is 2.73. The van der Waals surface area contributed by atoms with E-state index >= 15 is 0 Å². The summed E-state index contributed by atoms with van der Waals surface area (Å²) in [5.41, 5.74) is 8.14.